The molecule has 0 aromatic rings. The van der Waals surface area contributed by atoms with Crippen LogP contribution in [0.25, 0.3) is 0 Å². The van der Waals surface area contributed by atoms with Crippen molar-refractivity contribution in [3.63, 3.8) is 0 Å². The zero-order chi connectivity index (χ0) is 29.3. The molecule has 0 bridgehead atoms. The maximum atomic E-state index is 13.9. The lowest BCUT2D eigenvalue weighted by Crippen LogP contribution is -2.67. The van der Waals surface area contributed by atoms with Gasteiger partial charge in [0, 0.05) is 6.42 Å². The lowest BCUT2D eigenvalue weighted by molar-refractivity contribution is -0.239. The molecule has 0 aliphatic heterocycles. The van der Waals surface area contributed by atoms with Gasteiger partial charge in [0.1, 0.15) is 5.78 Å². The second-order valence-corrected chi connectivity index (χ2v) is 15.2. The molecule has 5 rings (SSSR count). The largest absolute Gasteiger partial charge is 0.463 e. The molecule has 0 heterocycles. The minimum Gasteiger partial charge on any atom is -0.463 e. The van der Waals surface area contributed by atoms with E-state index in [0.29, 0.717) is 18.3 Å². The number of aliphatic hydroxyl groups excluding tert-OH is 1. The summed E-state index contributed by atoms with van der Waals surface area (Å²) < 4.78 is 10.7. The zero-order valence-corrected chi connectivity index (χ0v) is 25.8. The fourth-order valence-electron chi connectivity index (χ4n) is 11.8. The lowest BCUT2D eigenvalue weighted by Gasteiger charge is -2.72. The Bertz CT molecular complexity index is 1080. The van der Waals surface area contributed by atoms with E-state index >= 15 is 0 Å². The molecule has 0 aromatic heterocycles. The van der Waals surface area contributed by atoms with Crippen LogP contribution >= 0.6 is 0 Å². The highest BCUT2D eigenvalue weighted by atomic mass is 16.6. The first-order valence-electron chi connectivity index (χ1n) is 15.9. The highest BCUT2D eigenvalue weighted by molar-refractivity contribution is 5.86. The molecule has 10 atom stereocenters. The molecule has 5 saturated carbocycles. The molecule has 0 saturated heterocycles. The molecule has 5 fully saturated rings. The van der Waals surface area contributed by atoms with Gasteiger partial charge >= 0.3 is 11.9 Å². The lowest BCUT2D eigenvalue weighted by atomic mass is 9.32. The molecule has 5 aliphatic rings. The van der Waals surface area contributed by atoms with Crippen molar-refractivity contribution in [1.29, 1.82) is 0 Å². The molecular formula is C34H52O6. The molecule has 6 nitrogen and oxygen atoms in total. The molecule has 0 amide bonds. The normalized spacial score (nSPS) is 47.8. The molecule has 0 aromatic carbocycles. The van der Waals surface area contributed by atoms with Crippen LogP contribution in [0.15, 0.2) is 12.2 Å². The molecule has 6 heteroatoms. The smallest absolute Gasteiger partial charge is 0.344 e. The van der Waals surface area contributed by atoms with Crippen molar-refractivity contribution in [2.45, 2.75) is 106 Å². The Morgan fingerprint density at radius 2 is 1.65 bits per heavy atom. The third-order valence-corrected chi connectivity index (χ3v) is 14.0. The Morgan fingerprint density at radius 3 is 2.30 bits per heavy atom. The van der Waals surface area contributed by atoms with E-state index < -0.39 is 16.8 Å². The zero-order valence-electron chi connectivity index (χ0n) is 25.8. The van der Waals surface area contributed by atoms with Gasteiger partial charge in [-0.3, -0.25) is 9.59 Å². The van der Waals surface area contributed by atoms with Crippen LogP contribution < -0.4 is 0 Å². The summed E-state index contributed by atoms with van der Waals surface area (Å²) >= 11 is 0. The molecular weight excluding hydrogens is 504 g/mol. The van der Waals surface area contributed by atoms with Crippen LogP contribution in [0.4, 0.5) is 0 Å². The van der Waals surface area contributed by atoms with Gasteiger partial charge in [0.25, 0.3) is 0 Å². The summed E-state index contributed by atoms with van der Waals surface area (Å²) in [6.45, 7) is 17.6. The summed E-state index contributed by atoms with van der Waals surface area (Å²) in [5, 5.41) is 10.4. The summed E-state index contributed by atoms with van der Waals surface area (Å²) in [6.07, 6.45) is 9.13. The van der Waals surface area contributed by atoms with Crippen molar-refractivity contribution in [2.75, 3.05) is 19.8 Å². The number of aliphatic hydroxyl groups is 1. The number of ether oxygens (including phenoxy) is 2. The van der Waals surface area contributed by atoms with Gasteiger partial charge in [0.05, 0.1) is 24.0 Å². The van der Waals surface area contributed by atoms with Gasteiger partial charge in [0.15, 0.2) is 6.61 Å². The molecule has 0 radical (unpaired) electrons. The Kier molecular flexibility index (Phi) is 7.41. The maximum Gasteiger partial charge on any atom is 0.344 e. The number of hydrogen-bond donors (Lipinski definition) is 1. The molecule has 5 aliphatic carbocycles. The highest BCUT2D eigenvalue weighted by Gasteiger charge is 2.72. The van der Waals surface area contributed by atoms with Crippen LogP contribution in [-0.2, 0) is 23.9 Å². The fraction of sp³-hybridized carbons (Fsp3) is 0.853. The highest BCUT2D eigenvalue weighted by Crippen LogP contribution is 2.77. The van der Waals surface area contributed by atoms with Gasteiger partial charge in [-0.1, -0.05) is 39.8 Å². The second kappa shape index (κ2) is 9.95. The number of carbonyl (C=O) groups excluding carboxylic acids is 3. The van der Waals surface area contributed by atoms with E-state index in [9.17, 15) is 19.5 Å². The molecule has 0 unspecified atom stereocenters. The summed E-state index contributed by atoms with van der Waals surface area (Å²) in [7, 11) is 0. The standard InChI is InChI=1S/C34H52O6/c1-8-39-27(37)19-40-29(38)34-16-11-22(21(2)3)28(34)23-9-10-25-30(4)14-13-26(36)31(5,20-35)24(30)12-15-33(25,7)32(23,6)17-18-34/h22-25,28,35H,2,8-20H2,1,3-7H3/t22-,23+,24+,25+,28+,30-,31-,32+,33+,34-/m0/s1. The van der Waals surface area contributed by atoms with E-state index in [1.54, 1.807) is 6.92 Å². The summed E-state index contributed by atoms with van der Waals surface area (Å²) in [5.74, 6) is 1.03. The molecule has 40 heavy (non-hydrogen) atoms. The average Bonchev–Trinajstić information content (AvgIpc) is 3.31. The van der Waals surface area contributed by atoms with Crippen molar-refractivity contribution in [3.05, 3.63) is 12.2 Å². The van der Waals surface area contributed by atoms with Crippen molar-refractivity contribution in [2.24, 2.45) is 56.7 Å². The minimum absolute atomic E-state index is 0.0168. The first-order valence-corrected chi connectivity index (χ1v) is 15.9. The van der Waals surface area contributed by atoms with E-state index in [1.165, 1.54) is 0 Å². The number of ketones is 1. The third-order valence-electron chi connectivity index (χ3n) is 14.0. The fourth-order valence-corrected chi connectivity index (χ4v) is 11.8. The van der Waals surface area contributed by atoms with Crippen molar-refractivity contribution in [3.8, 4) is 0 Å². The van der Waals surface area contributed by atoms with Crippen molar-refractivity contribution >= 4 is 17.7 Å². The summed E-state index contributed by atoms with van der Waals surface area (Å²) in [6, 6.07) is 0. The number of fused-ring (bicyclic) bond motifs is 7. The number of carbonyl (C=O) groups is 3. The van der Waals surface area contributed by atoms with Crippen LogP contribution in [0.2, 0.25) is 0 Å². The Labute approximate surface area is 241 Å². The first-order chi connectivity index (χ1) is 18.7. The average molecular weight is 557 g/mol. The van der Waals surface area contributed by atoms with Crippen LogP contribution in [0.3, 0.4) is 0 Å². The van der Waals surface area contributed by atoms with Gasteiger partial charge in [-0.25, -0.2) is 4.79 Å². The van der Waals surface area contributed by atoms with Gasteiger partial charge in [-0.2, -0.15) is 0 Å². The second-order valence-electron chi connectivity index (χ2n) is 15.2. The van der Waals surface area contributed by atoms with Crippen LogP contribution in [0.1, 0.15) is 106 Å². The predicted molar refractivity (Wildman–Crippen MR) is 153 cm³/mol. The molecule has 0 spiro atoms. The Hall–Kier alpha value is -1.69. The predicted octanol–water partition coefficient (Wildman–Crippen LogP) is 6.29. The van der Waals surface area contributed by atoms with Crippen molar-refractivity contribution < 1.29 is 29.0 Å². The number of allylic oxidation sites excluding steroid dienone is 1. The van der Waals surface area contributed by atoms with E-state index in [4.69, 9.17) is 9.47 Å². The van der Waals surface area contributed by atoms with Gasteiger partial charge in [-0.15, -0.1) is 0 Å². The van der Waals surface area contributed by atoms with Crippen molar-refractivity contribution in [1.82, 2.24) is 0 Å². The number of Topliss-reactive ketones (excluding diaryl/α,β-unsaturated/α-hetero) is 1. The van der Waals surface area contributed by atoms with E-state index in [-0.39, 0.29) is 65.6 Å². The first kappa shape index (κ1) is 29.8. The number of rotatable bonds is 6. The Balaban J connectivity index is 1.49. The van der Waals surface area contributed by atoms with Crippen LogP contribution in [0.5, 0.6) is 0 Å². The third kappa shape index (κ3) is 3.86. The Morgan fingerprint density at radius 1 is 0.925 bits per heavy atom. The molecule has 1 N–H and O–H groups in total. The summed E-state index contributed by atoms with van der Waals surface area (Å²) in [5.41, 5.74) is 0.0879. The number of hydrogen-bond acceptors (Lipinski definition) is 6. The topological polar surface area (TPSA) is 89.9 Å². The van der Waals surface area contributed by atoms with Gasteiger partial charge in [-0.05, 0) is 117 Å². The van der Waals surface area contributed by atoms with Crippen LogP contribution in [0, 0.1) is 56.7 Å². The quantitative estimate of drug-likeness (QED) is 0.305. The SMILES string of the molecule is C=C(C)[C@@H]1CC[C@]2(C(=O)OCC(=O)OCC)CC[C@]3(C)[C@H](CC[C@@H]4[C@@]5(C)CCC(=O)[C@@](C)(CO)[C@@H]5CC[C@]43C)[C@@H]12. The van der Waals surface area contributed by atoms with E-state index in [2.05, 4.69) is 34.3 Å². The monoisotopic (exact) mass is 556 g/mol. The van der Waals surface area contributed by atoms with Crippen LogP contribution in [-0.4, -0.2) is 42.6 Å². The van der Waals surface area contributed by atoms with E-state index in [1.807, 2.05) is 6.92 Å². The van der Waals surface area contributed by atoms with E-state index in [0.717, 1.165) is 63.4 Å². The van der Waals surface area contributed by atoms with Gasteiger partial charge in [0.2, 0.25) is 0 Å². The summed E-state index contributed by atoms with van der Waals surface area (Å²) in [4.78, 5) is 39.0. The van der Waals surface area contributed by atoms with Gasteiger partial charge < -0.3 is 14.6 Å². The maximum absolute atomic E-state index is 13.9. The molecule has 224 valence electrons. The minimum atomic E-state index is -0.646. The number of esters is 2.